The van der Waals surface area contributed by atoms with Crippen molar-refractivity contribution in [2.45, 2.75) is 34.6 Å². The summed E-state index contributed by atoms with van der Waals surface area (Å²) in [6.07, 6.45) is 0. The summed E-state index contributed by atoms with van der Waals surface area (Å²) < 4.78 is 0. The Labute approximate surface area is 91.9 Å². The molecule has 0 saturated heterocycles. The smallest absolute Gasteiger partial charge is 0.0122 e. The second kappa shape index (κ2) is 3.37. The lowest BCUT2D eigenvalue weighted by Gasteiger charge is -2.12. The highest BCUT2D eigenvalue weighted by Crippen LogP contribution is 2.28. The van der Waals surface area contributed by atoms with Crippen molar-refractivity contribution < 1.29 is 0 Å². The Hall–Kier alpha value is -1.30. The highest BCUT2D eigenvalue weighted by molar-refractivity contribution is 5.92. The average Bonchev–Trinajstić information content (AvgIpc) is 2.12. The van der Waals surface area contributed by atoms with Gasteiger partial charge in [0.25, 0.3) is 0 Å². The number of hydrogen-bond acceptors (Lipinski definition) is 0. The quantitative estimate of drug-likeness (QED) is 0.589. The second-order valence-corrected chi connectivity index (χ2v) is 4.64. The summed E-state index contributed by atoms with van der Waals surface area (Å²) in [6, 6.07) is 6.86. The number of benzene rings is 2. The summed E-state index contributed by atoms with van der Waals surface area (Å²) in [6.45, 7) is 11.0. The molecule has 0 atom stereocenters. The SMILES string of the molecule is Cc1cc(C)c2c(C)cc(C)c(C)c2c1. The topological polar surface area (TPSA) is 0 Å². The van der Waals surface area contributed by atoms with E-state index in [1.807, 2.05) is 0 Å². The molecule has 0 aliphatic carbocycles. The van der Waals surface area contributed by atoms with Gasteiger partial charge in [-0.1, -0.05) is 23.8 Å². The molecular weight excluding hydrogens is 180 g/mol. The van der Waals surface area contributed by atoms with Crippen LogP contribution in [-0.4, -0.2) is 0 Å². The first-order chi connectivity index (χ1) is 7.00. The van der Waals surface area contributed by atoms with Gasteiger partial charge in [-0.15, -0.1) is 0 Å². The molecule has 0 N–H and O–H groups in total. The van der Waals surface area contributed by atoms with E-state index in [2.05, 4.69) is 52.8 Å². The van der Waals surface area contributed by atoms with Crippen LogP contribution in [0.25, 0.3) is 10.8 Å². The minimum Gasteiger partial charge on any atom is -0.0557 e. The predicted molar refractivity (Wildman–Crippen MR) is 67.6 cm³/mol. The Bertz CT molecular complexity index is 525. The van der Waals surface area contributed by atoms with Crippen LogP contribution in [0, 0.1) is 34.6 Å². The molecule has 0 aromatic heterocycles. The lowest BCUT2D eigenvalue weighted by molar-refractivity contribution is 1.32. The third-order valence-corrected chi connectivity index (χ3v) is 3.30. The highest BCUT2D eigenvalue weighted by Gasteiger charge is 2.06. The Morgan fingerprint density at radius 3 is 1.93 bits per heavy atom. The Kier molecular flexibility index (Phi) is 2.30. The molecule has 0 heterocycles. The molecule has 0 amide bonds. The molecule has 0 heteroatoms. The first-order valence-electron chi connectivity index (χ1n) is 5.48. The van der Waals surface area contributed by atoms with E-state index >= 15 is 0 Å². The fourth-order valence-corrected chi connectivity index (χ4v) is 2.50. The minimum atomic E-state index is 1.35. The molecule has 0 spiro atoms. The first kappa shape index (κ1) is 10.2. The van der Waals surface area contributed by atoms with Crippen LogP contribution < -0.4 is 0 Å². The van der Waals surface area contributed by atoms with Crippen LogP contribution in [0.3, 0.4) is 0 Å². The summed E-state index contributed by atoms with van der Waals surface area (Å²) in [4.78, 5) is 0. The molecule has 2 aromatic carbocycles. The first-order valence-corrected chi connectivity index (χ1v) is 5.48. The lowest BCUT2D eigenvalue weighted by atomic mass is 9.92. The van der Waals surface area contributed by atoms with Gasteiger partial charge in [0.2, 0.25) is 0 Å². The molecule has 0 unspecified atom stereocenters. The van der Waals surface area contributed by atoms with Gasteiger partial charge in [0.1, 0.15) is 0 Å². The van der Waals surface area contributed by atoms with E-state index in [0.717, 1.165) is 0 Å². The zero-order valence-electron chi connectivity index (χ0n) is 10.2. The van der Waals surface area contributed by atoms with Crippen molar-refractivity contribution in [1.29, 1.82) is 0 Å². The van der Waals surface area contributed by atoms with E-state index in [9.17, 15) is 0 Å². The van der Waals surface area contributed by atoms with E-state index < -0.39 is 0 Å². The third kappa shape index (κ3) is 1.54. The van der Waals surface area contributed by atoms with Gasteiger partial charge >= 0.3 is 0 Å². The van der Waals surface area contributed by atoms with Gasteiger partial charge in [-0.2, -0.15) is 0 Å². The molecule has 15 heavy (non-hydrogen) atoms. The summed E-state index contributed by atoms with van der Waals surface area (Å²) in [5, 5.41) is 2.86. The lowest BCUT2D eigenvalue weighted by Crippen LogP contribution is -1.91. The molecule has 2 aromatic rings. The van der Waals surface area contributed by atoms with Gasteiger partial charge in [0.05, 0.1) is 0 Å². The zero-order chi connectivity index (χ0) is 11.2. The van der Waals surface area contributed by atoms with E-state index in [-0.39, 0.29) is 0 Å². The number of fused-ring (bicyclic) bond motifs is 1. The third-order valence-electron chi connectivity index (χ3n) is 3.30. The minimum absolute atomic E-state index is 1.35. The van der Waals surface area contributed by atoms with Crippen molar-refractivity contribution in [3.8, 4) is 0 Å². The van der Waals surface area contributed by atoms with Crippen molar-refractivity contribution in [2.24, 2.45) is 0 Å². The predicted octanol–water partition coefficient (Wildman–Crippen LogP) is 4.38. The molecule has 0 radical (unpaired) electrons. The van der Waals surface area contributed by atoms with Crippen LogP contribution in [0.2, 0.25) is 0 Å². The fraction of sp³-hybridized carbons (Fsp3) is 0.333. The normalized spacial score (nSPS) is 11.0. The van der Waals surface area contributed by atoms with Crippen LogP contribution in [0.4, 0.5) is 0 Å². The second-order valence-electron chi connectivity index (χ2n) is 4.64. The number of rotatable bonds is 0. The Morgan fingerprint density at radius 1 is 0.667 bits per heavy atom. The Morgan fingerprint density at radius 2 is 1.27 bits per heavy atom. The van der Waals surface area contributed by atoms with Gasteiger partial charge in [0, 0.05) is 0 Å². The van der Waals surface area contributed by atoms with Gasteiger partial charge < -0.3 is 0 Å². The Balaban J connectivity index is 3.02. The average molecular weight is 198 g/mol. The largest absolute Gasteiger partial charge is 0.0557 e. The summed E-state index contributed by atoms with van der Waals surface area (Å²) in [5.74, 6) is 0. The van der Waals surface area contributed by atoms with Crippen LogP contribution in [0.1, 0.15) is 27.8 Å². The van der Waals surface area contributed by atoms with Crippen LogP contribution in [-0.2, 0) is 0 Å². The van der Waals surface area contributed by atoms with E-state index in [1.54, 1.807) is 0 Å². The van der Waals surface area contributed by atoms with Crippen LogP contribution in [0.5, 0.6) is 0 Å². The van der Waals surface area contributed by atoms with Crippen LogP contribution >= 0.6 is 0 Å². The maximum Gasteiger partial charge on any atom is -0.0122 e. The summed E-state index contributed by atoms with van der Waals surface area (Å²) in [7, 11) is 0. The summed E-state index contributed by atoms with van der Waals surface area (Å²) in [5.41, 5.74) is 6.96. The van der Waals surface area contributed by atoms with Gasteiger partial charge in [-0.05, 0) is 67.6 Å². The maximum atomic E-state index is 2.30. The molecule has 0 saturated carbocycles. The van der Waals surface area contributed by atoms with Crippen LogP contribution in [0.15, 0.2) is 18.2 Å². The molecule has 0 aliphatic rings. The molecule has 78 valence electrons. The van der Waals surface area contributed by atoms with Crippen molar-refractivity contribution in [1.82, 2.24) is 0 Å². The maximum absolute atomic E-state index is 2.30. The van der Waals surface area contributed by atoms with E-state index in [4.69, 9.17) is 0 Å². The standard InChI is InChI=1S/C15H18/c1-9-6-11(3)15-12(4)8-10(2)13(5)14(15)7-9/h6-8H,1-5H3. The van der Waals surface area contributed by atoms with Crippen molar-refractivity contribution in [3.63, 3.8) is 0 Å². The van der Waals surface area contributed by atoms with Gasteiger partial charge in [-0.25, -0.2) is 0 Å². The van der Waals surface area contributed by atoms with Crippen molar-refractivity contribution >= 4 is 10.8 Å². The molecule has 0 aliphatic heterocycles. The van der Waals surface area contributed by atoms with Crippen molar-refractivity contribution in [3.05, 3.63) is 46.0 Å². The number of hydrogen-bond donors (Lipinski definition) is 0. The van der Waals surface area contributed by atoms with Gasteiger partial charge in [-0.3, -0.25) is 0 Å². The molecule has 0 nitrogen and oxygen atoms in total. The highest BCUT2D eigenvalue weighted by atomic mass is 14.1. The molecule has 0 fully saturated rings. The molecular formula is C15H18. The molecule has 0 bridgehead atoms. The summed E-state index contributed by atoms with van der Waals surface area (Å²) >= 11 is 0. The van der Waals surface area contributed by atoms with E-state index in [0.29, 0.717) is 0 Å². The van der Waals surface area contributed by atoms with Crippen molar-refractivity contribution in [2.75, 3.05) is 0 Å². The number of aryl methyl sites for hydroxylation is 5. The zero-order valence-corrected chi connectivity index (χ0v) is 10.2. The molecule has 2 rings (SSSR count). The monoisotopic (exact) mass is 198 g/mol. The van der Waals surface area contributed by atoms with E-state index in [1.165, 1.54) is 38.6 Å². The van der Waals surface area contributed by atoms with Gasteiger partial charge in [0.15, 0.2) is 0 Å². The fourth-order valence-electron chi connectivity index (χ4n) is 2.50.